The molecule has 6 nitrogen and oxygen atoms in total. The predicted molar refractivity (Wildman–Crippen MR) is 101 cm³/mol. The van der Waals surface area contributed by atoms with Crippen LogP contribution in [0.15, 0.2) is 25.2 Å². The highest BCUT2D eigenvalue weighted by Crippen LogP contribution is 2.75. The number of nitrogens with zero attached hydrogens (tertiary/aromatic N) is 3. The van der Waals surface area contributed by atoms with Crippen molar-refractivity contribution in [3.8, 4) is 0 Å². The van der Waals surface area contributed by atoms with Crippen molar-refractivity contribution in [2.45, 2.75) is 49.5 Å². The molecule has 0 aromatic carbocycles. The van der Waals surface area contributed by atoms with Crippen LogP contribution in [0.25, 0.3) is 11.0 Å². The molecular weight excluding hydrogens is 364 g/mol. The number of amides is 1. The zero-order chi connectivity index (χ0) is 19.5. The summed E-state index contributed by atoms with van der Waals surface area (Å²) in [6, 6.07) is 0.00934. The number of H-pyrrole nitrogens is 1. The van der Waals surface area contributed by atoms with Gasteiger partial charge in [0, 0.05) is 31.2 Å². The van der Waals surface area contributed by atoms with E-state index in [4.69, 9.17) is 0 Å². The molecule has 0 spiro atoms. The Kier molecular flexibility index (Phi) is 3.76. The van der Waals surface area contributed by atoms with Gasteiger partial charge in [0.25, 0.3) is 5.92 Å². The minimum atomic E-state index is -2.66. The maximum Gasteiger partial charge on any atom is 0.262 e. The quantitative estimate of drug-likeness (QED) is 0.790. The second kappa shape index (κ2) is 5.99. The molecule has 28 heavy (non-hydrogen) atoms. The smallest absolute Gasteiger partial charge is 0.262 e. The fourth-order valence-electron chi connectivity index (χ4n) is 5.43. The lowest BCUT2D eigenvalue weighted by Gasteiger charge is -2.33. The van der Waals surface area contributed by atoms with Gasteiger partial charge in [-0.25, -0.2) is 18.7 Å². The van der Waals surface area contributed by atoms with Crippen LogP contribution >= 0.6 is 0 Å². The Bertz CT molecular complexity index is 957. The molecule has 0 unspecified atom stereocenters. The van der Waals surface area contributed by atoms with Gasteiger partial charge in [0.15, 0.2) is 0 Å². The number of carbonyl (C=O) groups is 1. The summed E-state index contributed by atoms with van der Waals surface area (Å²) < 4.78 is 29.3. The lowest BCUT2D eigenvalue weighted by Crippen LogP contribution is -2.44. The summed E-state index contributed by atoms with van der Waals surface area (Å²) in [7, 11) is 0. The van der Waals surface area contributed by atoms with Crippen LogP contribution < -0.4 is 5.32 Å². The topological polar surface area (TPSA) is 73.9 Å². The zero-order valence-electron chi connectivity index (χ0n) is 15.5. The second-order valence-corrected chi connectivity index (χ2v) is 8.16. The number of anilines is 1. The molecule has 3 atom stereocenters. The highest BCUT2D eigenvalue weighted by molar-refractivity contribution is 5.92. The molecule has 1 saturated heterocycles. The van der Waals surface area contributed by atoms with E-state index in [-0.39, 0.29) is 11.9 Å². The molecule has 1 amide bonds. The van der Waals surface area contributed by atoms with E-state index in [1.165, 1.54) is 12.4 Å². The van der Waals surface area contributed by atoms with Gasteiger partial charge in [0.1, 0.15) is 17.8 Å². The Morgan fingerprint density at radius 2 is 2.21 bits per heavy atom. The highest BCUT2D eigenvalue weighted by atomic mass is 19.3. The fourth-order valence-corrected chi connectivity index (χ4v) is 5.43. The third-order valence-electron chi connectivity index (χ3n) is 6.81. The van der Waals surface area contributed by atoms with Crippen molar-refractivity contribution in [3.05, 3.63) is 30.7 Å². The second-order valence-electron chi connectivity index (χ2n) is 8.16. The maximum absolute atomic E-state index is 14.6. The van der Waals surface area contributed by atoms with E-state index in [1.807, 2.05) is 0 Å². The zero-order valence-corrected chi connectivity index (χ0v) is 15.5. The summed E-state index contributed by atoms with van der Waals surface area (Å²) >= 11 is 0. The van der Waals surface area contributed by atoms with Gasteiger partial charge < -0.3 is 15.2 Å². The van der Waals surface area contributed by atoms with Gasteiger partial charge in [-0.15, -0.1) is 0 Å². The Labute approximate surface area is 161 Å². The van der Waals surface area contributed by atoms with Gasteiger partial charge in [-0.1, -0.05) is 13.0 Å². The average molecular weight is 387 g/mol. The van der Waals surface area contributed by atoms with E-state index in [2.05, 4.69) is 26.8 Å². The third-order valence-corrected chi connectivity index (χ3v) is 6.81. The molecule has 2 aliphatic carbocycles. The molecule has 8 heteroatoms. The standard InChI is InChI=1S/C20H23F2N5O/c1-2-15(28)27-8-4-5-12(10-27)26-18-16-13(9-23-17(16)24-11-25-18)19-7-3-6-14(19)20(19,21)22/h2,9,11-12,14H,1,3-8,10H2,(H2,23,24,25,26)/t12-,14-,19-/m1/s1. The normalized spacial score (nSPS) is 30.9. The maximum atomic E-state index is 14.6. The monoisotopic (exact) mass is 387 g/mol. The first-order valence-corrected chi connectivity index (χ1v) is 9.87. The molecule has 0 bridgehead atoms. The number of rotatable bonds is 4. The summed E-state index contributed by atoms with van der Waals surface area (Å²) in [6.45, 7) is 4.80. The summed E-state index contributed by atoms with van der Waals surface area (Å²) in [5.74, 6) is -2.76. The lowest BCUT2D eigenvalue weighted by molar-refractivity contribution is -0.127. The number of fused-ring (bicyclic) bond motifs is 2. The first kappa shape index (κ1) is 17.6. The number of nitrogens with one attached hydrogen (secondary N) is 2. The number of aromatic nitrogens is 3. The molecule has 2 aromatic rings. The number of aromatic amines is 1. The Balaban J connectivity index is 1.49. The van der Waals surface area contributed by atoms with E-state index in [1.54, 1.807) is 11.1 Å². The van der Waals surface area contributed by atoms with Crippen molar-refractivity contribution in [1.29, 1.82) is 0 Å². The average Bonchev–Trinajstić information content (AvgIpc) is 3.15. The van der Waals surface area contributed by atoms with Crippen molar-refractivity contribution in [2.75, 3.05) is 18.4 Å². The van der Waals surface area contributed by atoms with Crippen molar-refractivity contribution in [1.82, 2.24) is 19.9 Å². The van der Waals surface area contributed by atoms with Gasteiger partial charge in [-0.3, -0.25) is 4.79 Å². The van der Waals surface area contributed by atoms with Gasteiger partial charge in [0.2, 0.25) is 5.91 Å². The van der Waals surface area contributed by atoms with Crippen LogP contribution in [-0.2, 0) is 10.2 Å². The molecular formula is C20H23F2N5O. The molecule has 3 heterocycles. The number of hydrogen-bond donors (Lipinski definition) is 2. The molecule has 3 aliphatic rings. The van der Waals surface area contributed by atoms with Gasteiger partial charge in [-0.2, -0.15) is 0 Å². The SMILES string of the molecule is C=CC(=O)N1CCC[C@@H](Nc2ncnc3[nH]cc([C@]45CCC[C@H]4C5(F)F)c23)C1. The lowest BCUT2D eigenvalue weighted by atomic mass is 9.92. The third kappa shape index (κ3) is 2.26. The highest BCUT2D eigenvalue weighted by Gasteiger charge is 2.82. The van der Waals surface area contributed by atoms with Crippen LogP contribution in [-0.4, -0.2) is 50.8 Å². The van der Waals surface area contributed by atoms with E-state index in [9.17, 15) is 13.6 Å². The van der Waals surface area contributed by atoms with Crippen LogP contribution in [0, 0.1) is 5.92 Å². The minimum absolute atomic E-state index is 0.00934. The largest absolute Gasteiger partial charge is 0.365 e. The molecule has 1 aliphatic heterocycles. The Morgan fingerprint density at radius 1 is 1.36 bits per heavy atom. The number of piperidine rings is 1. The molecule has 5 rings (SSSR count). The predicted octanol–water partition coefficient (Wildman–Crippen LogP) is 3.23. The molecule has 2 aromatic heterocycles. The van der Waals surface area contributed by atoms with Crippen molar-refractivity contribution in [2.24, 2.45) is 5.92 Å². The number of hydrogen-bond acceptors (Lipinski definition) is 4. The van der Waals surface area contributed by atoms with Crippen LogP contribution in [0.2, 0.25) is 0 Å². The van der Waals surface area contributed by atoms with E-state index in [0.29, 0.717) is 48.3 Å². The van der Waals surface area contributed by atoms with E-state index < -0.39 is 17.3 Å². The number of likely N-dealkylation sites (tertiary alicyclic amines) is 1. The first-order valence-electron chi connectivity index (χ1n) is 9.87. The van der Waals surface area contributed by atoms with Crippen molar-refractivity contribution in [3.63, 3.8) is 0 Å². The molecule has 148 valence electrons. The summed E-state index contributed by atoms with van der Waals surface area (Å²) in [5.41, 5.74) is 0.127. The van der Waals surface area contributed by atoms with Gasteiger partial charge >= 0.3 is 0 Å². The summed E-state index contributed by atoms with van der Waals surface area (Å²) in [5, 5.41) is 4.07. The van der Waals surface area contributed by atoms with Crippen LogP contribution in [0.3, 0.4) is 0 Å². The Morgan fingerprint density at radius 3 is 2.96 bits per heavy atom. The molecule has 2 N–H and O–H groups in total. The van der Waals surface area contributed by atoms with Gasteiger partial charge in [0.05, 0.1) is 10.8 Å². The fraction of sp³-hybridized carbons (Fsp3) is 0.550. The Hall–Kier alpha value is -2.51. The van der Waals surface area contributed by atoms with Crippen molar-refractivity contribution >= 4 is 22.8 Å². The molecule has 3 fully saturated rings. The van der Waals surface area contributed by atoms with Gasteiger partial charge in [-0.05, 0) is 37.3 Å². The molecule has 2 saturated carbocycles. The summed E-state index contributed by atoms with van der Waals surface area (Å²) in [4.78, 5) is 25.4. The van der Waals surface area contributed by atoms with Crippen molar-refractivity contribution < 1.29 is 13.6 Å². The van der Waals surface area contributed by atoms with E-state index >= 15 is 0 Å². The van der Waals surface area contributed by atoms with Crippen LogP contribution in [0.4, 0.5) is 14.6 Å². The first-order chi connectivity index (χ1) is 13.5. The summed E-state index contributed by atoms with van der Waals surface area (Å²) in [6.07, 6.45) is 8.10. The molecule has 0 radical (unpaired) electrons. The van der Waals surface area contributed by atoms with Crippen LogP contribution in [0.5, 0.6) is 0 Å². The van der Waals surface area contributed by atoms with Crippen LogP contribution in [0.1, 0.15) is 37.7 Å². The number of alkyl halides is 2. The minimum Gasteiger partial charge on any atom is -0.365 e. The number of carbonyl (C=O) groups excluding carboxylic acids is 1. The van der Waals surface area contributed by atoms with E-state index in [0.717, 1.165) is 19.3 Å². The number of halogens is 2.